The summed E-state index contributed by atoms with van der Waals surface area (Å²) in [5.74, 6) is 0.709. The molecule has 1 aliphatic carbocycles. The van der Waals surface area contributed by atoms with E-state index in [-0.39, 0.29) is 5.41 Å². The number of aromatic nitrogens is 2. The lowest BCUT2D eigenvalue weighted by molar-refractivity contribution is 0.0233. The minimum atomic E-state index is -0.485. The van der Waals surface area contributed by atoms with Gasteiger partial charge in [-0.25, -0.2) is 0 Å². The van der Waals surface area contributed by atoms with Gasteiger partial charge in [0.25, 0.3) is 0 Å². The molecule has 0 amide bonds. The monoisotopic (exact) mass is 251 g/mol. The molecular weight excluding hydrogens is 226 g/mol. The van der Waals surface area contributed by atoms with Crippen LogP contribution in [-0.4, -0.2) is 21.4 Å². The Kier molecular flexibility index (Phi) is 4.07. The average Bonchev–Trinajstić information content (AvgIpc) is 3.04. The number of hydrogen-bond donors (Lipinski definition) is 2. The minimum absolute atomic E-state index is 0.145. The van der Waals surface area contributed by atoms with E-state index in [1.165, 1.54) is 12.8 Å². The third kappa shape index (κ3) is 2.19. The lowest BCUT2D eigenvalue weighted by Gasteiger charge is -2.33. The van der Waals surface area contributed by atoms with Crippen molar-refractivity contribution in [1.29, 1.82) is 0 Å². The molecule has 18 heavy (non-hydrogen) atoms. The van der Waals surface area contributed by atoms with E-state index in [1.807, 2.05) is 17.7 Å². The largest absolute Gasteiger partial charge is 0.386 e. The van der Waals surface area contributed by atoms with Crippen LogP contribution < -0.4 is 5.73 Å². The maximum Gasteiger partial charge on any atom is 0.102 e. The van der Waals surface area contributed by atoms with Gasteiger partial charge < -0.3 is 10.8 Å². The molecule has 3 atom stereocenters. The lowest BCUT2D eigenvalue weighted by atomic mass is 9.78. The Bertz CT molecular complexity index is 390. The molecular formula is C14H25N3O. The van der Waals surface area contributed by atoms with Gasteiger partial charge in [0.15, 0.2) is 0 Å². The molecule has 1 heterocycles. The van der Waals surface area contributed by atoms with Gasteiger partial charge in [-0.05, 0) is 38.2 Å². The second-order valence-electron chi connectivity index (χ2n) is 5.56. The van der Waals surface area contributed by atoms with Gasteiger partial charge in [-0.3, -0.25) is 4.68 Å². The molecule has 0 spiro atoms. The number of aryl methyl sites for hydroxylation is 1. The van der Waals surface area contributed by atoms with Crippen molar-refractivity contribution in [1.82, 2.24) is 9.78 Å². The highest BCUT2D eigenvalue weighted by Gasteiger charge is 2.44. The number of nitrogens with zero attached hydrogens (tertiary/aromatic N) is 2. The van der Waals surface area contributed by atoms with Crippen molar-refractivity contribution in [2.75, 3.05) is 6.54 Å². The van der Waals surface area contributed by atoms with E-state index in [9.17, 15) is 5.11 Å². The molecule has 1 aliphatic rings. The van der Waals surface area contributed by atoms with Crippen molar-refractivity contribution in [2.45, 2.75) is 52.2 Å². The van der Waals surface area contributed by atoms with Crippen LogP contribution in [0.1, 0.15) is 51.3 Å². The van der Waals surface area contributed by atoms with E-state index in [4.69, 9.17) is 5.73 Å². The van der Waals surface area contributed by atoms with Crippen molar-refractivity contribution in [2.24, 2.45) is 17.1 Å². The number of aliphatic hydroxyl groups excluding tert-OH is 1. The summed E-state index contributed by atoms with van der Waals surface area (Å²) in [4.78, 5) is 0. The van der Waals surface area contributed by atoms with Crippen LogP contribution in [0.15, 0.2) is 12.3 Å². The third-order valence-corrected chi connectivity index (χ3v) is 4.64. The summed E-state index contributed by atoms with van der Waals surface area (Å²) in [5, 5.41) is 15.0. The highest BCUT2D eigenvalue weighted by atomic mass is 16.3. The van der Waals surface area contributed by atoms with Crippen LogP contribution >= 0.6 is 0 Å². The van der Waals surface area contributed by atoms with E-state index in [0.717, 1.165) is 25.1 Å². The molecule has 4 nitrogen and oxygen atoms in total. The first-order valence-electron chi connectivity index (χ1n) is 7.06. The Labute approximate surface area is 109 Å². The van der Waals surface area contributed by atoms with Crippen LogP contribution in [0.25, 0.3) is 0 Å². The van der Waals surface area contributed by atoms with Crippen LogP contribution in [-0.2, 0) is 6.54 Å². The highest BCUT2D eigenvalue weighted by molar-refractivity contribution is 5.11. The summed E-state index contributed by atoms with van der Waals surface area (Å²) in [6.45, 7) is 5.61. The van der Waals surface area contributed by atoms with Crippen molar-refractivity contribution >= 4 is 0 Å². The zero-order valence-electron chi connectivity index (χ0n) is 11.5. The van der Waals surface area contributed by atoms with Gasteiger partial charge in [0.2, 0.25) is 0 Å². The first kappa shape index (κ1) is 13.6. The average molecular weight is 251 g/mol. The van der Waals surface area contributed by atoms with E-state index < -0.39 is 6.10 Å². The van der Waals surface area contributed by atoms with Gasteiger partial charge in [-0.2, -0.15) is 5.10 Å². The molecule has 0 aromatic carbocycles. The Morgan fingerprint density at radius 2 is 2.39 bits per heavy atom. The summed E-state index contributed by atoms with van der Waals surface area (Å²) in [6.07, 6.45) is 5.71. The molecule has 2 rings (SSSR count). The molecule has 0 aliphatic heterocycles. The van der Waals surface area contributed by atoms with Gasteiger partial charge in [-0.15, -0.1) is 0 Å². The molecule has 0 bridgehead atoms. The molecule has 4 heteroatoms. The number of aliphatic hydroxyl groups is 1. The summed E-state index contributed by atoms with van der Waals surface area (Å²) in [7, 11) is 0. The van der Waals surface area contributed by atoms with Crippen molar-refractivity contribution in [3.05, 3.63) is 18.0 Å². The van der Waals surface area contributed by atoms with Gasteiger partial charge in [0, 0.05) is 24.7 Å². The van der Waals surface area contributed by atoms with Crippen LogP contribution in [0, 0.1) is 11.3 Å². The van der Waals surface area contributed by atoms with E-state index in [0.29, 0.717) is 12.5 Å². The summed E-state index contributed by atoms with van der Waals surface area (Å²) in [5.41, 5.74) is 6.77. The Hall–Kier alpha value is -0.870. The van der Waals surface area contributed by atoms with E-state index >= 15 is 0 Å². The van der Waals surface area contributed by atoms with Crippen LogP contribution in [0.5, 0.6) is 0 Å². The van der Waals surface area contributed by atoms with Crippen LogP contribution in [0.3, 0.4) is 0 Å². The zero-order valence-corrected chi connectivity index (χ0v) is 11.5. The van der Waals surface area contributed by atoms with Gasteiger partial charge >= 0.3 is 0 Å². The molecule has 0 radical (unpaired) electrons. The maximum atomic E-state index is 10.7. The summed E-state index contributed by atoms with van der Waals surface area (Å²) >= 11 is 0. The normalized spacial score (nSPS) is 29.7. The zero-order chi connectivity index (χ0) is 13.2. The number of hydrogen-bond acceptors (Lipinski definition) is 3. The minimum Gasteiger partial charge on any atom is -0.386 e. The van der Waals surface area contributed by atoms with Gasteiger partial charge in [0.05, 0.1) is 5.69 Å². The fourth-order valence-electron chi connectivity index (χ4n) is 3.32. The molecule has 1 saturated carbocycles. The topological polar surface area (TPSA) is 64.1 Å². The predicted octanol–water partition coefficient (Wildman–Crippen LogP) is 2.09. The second-order valence-corrected chi connectivity index (χ2v) is 5.56. The Morgan fingerprint density at radius 1 is 1.61 bits per heavy atom. The van der Waals surface area contributed by atoms with E-state index in [1.54, 1.807) is 6.20 Å². The molecule has 1 fully saturated rings. The maximum absolute atomic E-state index is 10.7. The van der Waals surface area contributed by atoms with Crippen LogP contribution in [0.4, 0.5) is 0 Å². The first-order chi connectivity index (χ1) is 8.66. The second kappa shape index (κ2) is 5.41. The highest BCUT2D eigenvalue weighted by Crippen LogP contribution is 2.50. The van der Waals surface area contributed by atoms with Crippen molar-refractivity contribution in [3.63, 3.8) is 0 Å². The van der Waals surface area contributed by atoms with Crippen molar-refractivity contribution in [3.8, 4) is 0 Å². The molecule has 102 valence electrons. The molecule has 3 N–H and O–H groups in total. The molecule has 0 saturated heterocycles. The standard InChI is InChI=1S/C14H25N3O/c1-3-11-5-7-14(9-11,10-15)13(18)12-6-8-16-17(12)4-2/h6,8,11,13,18H,3-5,7,9-10,15H2,1-2H3. The van der Waals surface area contributed by atoms with Crippen LogP contribution in [0.2, 0.25) is 0 Å². The quantitative estimate of drug-likeness (QED) is 0.842. The van der Waals surface area contributed by atoms with Crippen molar-refractivity contribution < 1.29 is 5.11 Å². The summed E-state index contributed by atoms with van der Waals surface area (Å²) < 4.78 is 1.88. The van der Waals surface area contributed by atoms with Gasteiger partial charge in [0.1, 0.15) is 6.10 Å². The molecule has 1 aromatic heterocycles. The first-order valence-corrected chi connectivity index (χ1v) is 7.06. The number of nitrogens with two attached hydrogens (primary N) is 1. The fraction of sp³-hybridized carbons (Fsp3) is 0.786. The SMILES string of the molecule is CCC1CCC(CN)(C(O)c2ccnn2CC)C1. The Morgan fingerprint density at radius 3 is 2.94 bits per heavy atom. The van der Waals surface area contributed by atoms with Gasteiger partial charge in [-0.1, -0.05) is 13.3 Å². The third-order valence-electron chi connectivity index (χ3n) is 4.64. The Balaban J connectivity index is 2.23. The fourth-order valence-corrected chi connectivity index (χ4v) is 3.32. The molecule has 1 aromatic rings. The smallest absolute Gasteiger partial charge is 0.102 e. The lowest BCUT2D eigenvalue weighted by Crippen LogP contribution is -2.35. The number of rotatable bonds is 5. The predicted molar refractivity (Wildman–Crippen MR) is 72.0 cm³/mol. The van der Waals surface area contributed by atoms with E-state index in [2.05, 4.69) is 12.0 Å². The summed E-state index contributed by atoms with van der Waals surface area (Å²) in [6, 6.07) is 1.92. The molecule has 3 unspecified atom stereocenters.